The highest BCUT2D eigenvalue weighted by Gasteiger charge is 2.65. The van der Waals surface area contributed by atoms with Crippen molar-refractivity contribution in [2.45, 2.75) is 83.7 Å². The van der Waals surface area contributed by atoms with Crippen molar-refractivity contribution in [3.8, 4) is 5.75 Å². The van der Waals surface area contributed by atoms with E-state index in [1.54, 1.807) is 7.11 Å². The van der Waals surface area contributed by atoms with Crippen LogP contribution in [0.25, 0.3) is 0 Å². The van der Waals surface area contributed by atoms with Crippen LogP contribution in [0.15, 0.2) is 12.1 Å². The molecule has 5 unspecified atom stereocenters. The zero-order valence-corrected chi connectivity index (χ0v) is 21.9. The summed E-state index contributed by atoms with van der Waals surface area (Å²) in [4.78, 5) is 25.6. The standard InChI is InChI=1S/C29H40O6/c1-27(2)12-13-29(35-26(27)31)11-9-23-20-7-6-18-16-24(34-15-14-32-4)22(25(30)33-5)17-21(18)19(20)8-10-28(23,29)3/h16-17,19-20,23H,6-15H2,1-5H3. The number of esters is 2. The van der Waals surface area contributed by atoms with Crippen molar-refractivity contribution >= 4 is 11.9 Å². The Morgan fingerprint density at radius 3 is 2.54 bits per heavy atom. The first kappa shape index (κ1) is 24.6. The number of hydrogen-bond acceptors (Lipinski definition) is 6. The second-order valence-corrected chi connectivity index (χ2v) is 12.1. The molecule has 5 atom stereocenters. The predicted octanol–water partition coefficient (Wildman–Crippen LogP) is 5.46. The van der Waals surface area contributed by atoms with Gasteiger partial charge >= 0.3 is 11.9 Å². The maximum atomic E-state index is 12.9. The van der Waals surface area contributed by atoms with E-state index in [1.807, 2.05) is 19.9 Å². The van der Waals surface area contributed by atoms with Crippen LogP contribution < -0.4 is 4.74 Å². The average Bonchev–Trinajstić information content (AvgIpc) is 3.13. The van der Waals surface area contributed by atoms with Gasteiger partial charge in [0.15, 0.2) is 0 Å². The van der Waals surface area contributed by atoms with Gasteiger partial charge in [0.2, 0.25) is 0 Å². The van der Waals surface area contributed by atoms with Crippen molar-refractivity contribution in [1.29, 1.82) is 0 Å². The Bertz CT molecular complexity index is 1010. The molecule has 1 aromatic carbocycles. The van der Waals surface area contributed by atoms with E-state index in [0.717, 1.165) is 51.4 Å². The molecule has 0 N–H and O–H groups in total. The van der Waals surface area contributed by atoms with Crippen LogP contribution in [-0.4, -0.2) is 45.0 Å². The molecule has 6 heteroatoms. The van der Waals surface area contributed by atoms with Crippen LogP contribution >= 0.6 is 0 Å². The van der Waals surface area contributed by atoms with Gasteiger partial charge in [-0.05, 0) is 106 Å². The largest absolute Gasteiger partial charge is 0.490 e. The van der Waals surface area contributed by atoms with Gasteiger partial charge in [0.05, 0.1) is 19.1 Å². The smallest absolute Gasteiger partial charge is 0.341 e. The Balaban J connectivity index is 1.44. The highest BCUT2D eigenvalue weighted by molar-refractivity contribution is 5.93. The van der Waals surface area contributed by atoms with Gasteiger partial charge in [-0.25, -0.2) is 4.79 Å². The Kier molecular flexibility index (Phi) is 6.18. The topological polar surface area (TPSA) is 71.1 Å². The number of carbonyl (C=O) groups excluding carboxylic acids is 2. The molecule has 2 saturated carbocycles. The number of hydrogen-bond donors (Lipinski definition) is 0. The van der Waals surface area contributed by atoms with Crippen molar-refractivity contribution in [2.75, 3.05) is 27.4 Å². The number of rotatable bonds is 5. The first-order chi connectivity index (χ1) is 16.7. The lowest BCUT2D eigenvalue weighted by Gasteiger charge is -2.56. The van der Waals surface area contributed by atoms with E-state index in [9.17, 15) is 9.59 Å². The Morgan fingerprint density at radius 2 is 1.83 bits per heavy atom. The number of ether oxygens (including phenoxy) is 4. The number of aryl methyl sites for hydroxylation is 1. The minimum absolute atomic E-state index is 0.0201. The van der Waals surface area contributed by atoms with E-state index < -0.39 is 0 Å². The molecule has 1 saturated heterocycles. The second kappa shape index (κ2) is 8.79. The number of fused-ring (bicyclic) bond motifs is 6. The summed E-state index contributed by atoms with van der Waals surface area (Å²) in [6.45, 7) is 7.28. The third-order valence-corrected chi connectivity index (χ3v) is 10.1. The van der Waals surface area contributed by atoms with Gasteiger partial charge < -0.3 is 18.9 Å². The molecule has 0 radical (unpaired) electrons. The van der Waals surface area contributed by atoms with E-state index in [-0.39, 0.29) is 28.4 Å². The molecule has 192 valence electrons. The van der Waals surface area contributed by atoms with Gasteiger partial charge in [0, 0.05) is 12.5 Å². The van der Waals surface area contributed by atoms with Gasteiger partial charge in [-0.2, -0.15) is 0 Å². The molecule has 0 amide bonds. The van der Waals surface area contributed by atoms with Crippen LogP contribution in [0.5, 0.6) is 5.75 Å². The third-order valence-electron chi connectivity index (χ3n) is 10.1. The van der Waals surface area contributed by atoms with Crippen molar-refractivity contribution in [3.05, 3.63) is 28.8 Å². The molecule has 0 bridgehead atoms. The third kappa shape index (κ3) is 3.78. The van der Waals surface area contributed by atoms with E-state index >= 15 is 0 Å². The van der Waals surface area contributed by atoms with Crippen LogP contribution in [0.3, 0.4) is 0 Å². The molecule has 3 aliphatic carbocycles. The van der Waals surface area contributed by atoms with Crippen LogP contribution in [0.2, 0.25) is 0 Å². The normalized spacial score (nSPS) is 35.0. The SMILES string of the molecule is COCCOc1cc2c(cc1C(=O)OC)C1CCC3(C)C(CCC34CCC(C)(C)C(=O)O4)C1CC2. The highest BCUT2D eigenvalue weighted by Crippen LogP contribution is 2.67. The molecule has 6 nitrogen and oxygen atoms in total. The van der Waals surface area contributed by atoms with E-state index in [4.69, 9.17) is 18.9 Å². The van der Waals surface area contributed by atoms with Gasteiger partial charge in [-0.1, -0.05) is 6.92 Å². The lowest BCUT2D eigenvalue weighted by molar-refractivity contribution is -0.206. The average molecular weight is 485 g/mol. The second-order valence-electron chi connectivity index (χ2n) is 12.1. The Morgan fingerprint density at radius 1 is 1.03 bits per heavy atom. The summed E-state index contributed by atoms with van der Waals surface area (Å²) in [5.41, 5.74) is 2.40. The molecular formula is C29H40O6. The highest BCUT2D eigenvalue weighted by atomic mass is 16.6. The zero-order valence-electron chi connectivity index (χ0n) is 21.9. The Labute approximate surface area is 209 Å². The summed E-state index contributed by atoms with van der Waals surface area (Å²) in [6.07, 6.45) is 8.17. The quantitative estimate of drug-likeness (QED) is 0.408. The molecule has 0 aromatic heterocycles. The molecule has 1 aromatic rings. The summed E-state index contributed by atoms with van der Waals surface area (Å²) in [6, 6.07) is 4.10. The van der Waals surface area contributed by atoms with Crippen LogP contribution in [0, 0.1) is 22.7 Å². The van der Waals surface area contributed by atoms with E-state index in [0.29, 0.717) is 42.3 Å². The van der Waals surface area contributed by atoms with Crippen molar-refractivity contribution in [1.82, 2.24) is 0 Å². The minimum Gasteiger partial charge on any atom is -0.490 e. The molecule has 3 fully saturated rings. The molecule has 5 rings (SSSR count). The molecular weight excluding hydrogens is 444 g/mol. The monoisotopic (exact) mass is 484 g/mol. The maximum Gasteiger partial charge on any atom is 0.341 e. The van der Waals surface area contributed by atoms with Gasteiger partial charge in [0.1, 0.15) is 23.5 Å². The van der Waals surface area contributed by atoms with Gasteiger partial charge in [-0.15, -0.1) is 0 Å². The van der Waals surface area contributed by atoms with E-state index in [1.165, 1.54) is 18.2 Å². The summed E-state index contributed by atoms with van der Waals surface area (Å²) in [5.74, 6) is 1.69. The number of methoxy groups -OCH3 is 2. The van der Waals surface area contributed by atoms with Gasteiger partial charge in [-0.3, -0.25) is 4.79 Å². The summed E-state index contributed by atoms with van der Waals surface area (Å²) in [5, 5.41) is 0. The van der Waals surface area contributed by atoms with Crippen LogP contribution in [0.1, 0.15) is 93.1 Å². The molecule has 1 heterocycles. The maximum absolute atomic E-state index is 12.9. The first-order valence-corrected chi connectivity index (χ1v) is 13.3. The fraction of sp³-hybridized carbons (Fsp3) is 0.724. The van der Waals surface area contributed by atoms with E-state index in [2.05, 4.69) is 13.0 Å². The zero-order chi connectivity index (χ0) is 25.0. The van der Waals surface area contributed by atoms with Crippen molar-refractivity contribution < 1.29 is 28.5 Å². The number of benzene rings is 1. The molecule has 4 aliphatic rings. The molecule has 1 aliphatic heterocycles. The van der Waals surface area contributed by atoms with Crippen LogP contribution in [-0.2, 0) is 25.4 Å². The summed E-state index contributed by atoms with van der Waals surface area (Å²) in [7, 11) is 3.05. The lowest BCUT2D eigenvalue weighted by Crippen LogP contribution is -2.56. The Hall–Kier alpha value is -2.08. The molecule has 35 heavy (non-hydrogen) atoms. The summed E-state index contributed by atoms with van der Waals surface area (Å²) < 4.78 is 22.5. The summed E-state index contributed by atoms with van der Waals surface area (Å²) >= 11 is 0. The minimum atomic E-state index is -0.381. The lowest BCUT2D eigenvalue weighted by atomic mass is 9.52. The van der Waals surface area contributed by atoms with Crippen LogP contribution in [0.4, 0.5) is 0 Å². The van der Waals surface area contributed by atoms with Crippen molar-refractivity contribution in [3.63, 3.8) is 0 Å². The number of carbonyl (C=O) groups is 2. The fourth-order valence-electron chi connectivity index (χ4n) is 7.88. The van der Waals surface area contributed by atoms with Crippen molar-refractivity contribution in [2.24, 2.45) is 22.7 Å². The van der Waals surface area contributed by atoms with Gasteiger partial charge in [0.25, 0.3) is 0 Å². The fourth-order valence-corrected chi connectivity index (χ4v) is 7.88. The molecule has 1 spiro atoms. The predicted molar refractivity (Wildman–Crippen MR) is 132 cm³/mol. The first-order valence-electron chi connectivity index (χ1n) is 13.3.